The highest BCUT2D eigenvalue weighted by atomic mass is 16.7. The van der Waals surface area contributed by atoms with Gasteiger partial charge in [-0.2, -0.15) is 0 Å². The highest BCUT2D eigenvalue weighted by Gasteiger charge is 2.47. The van der Waals surface area contributed by atoms with E-state index in [1.165, 1.54) is 49.6 Å². The Morgan fingerprint density at radius 1 is 0.955 bits per heavy atom. The lowest BCUT2D eigenvalue weighted by atomic mass is 9.99. The minimum absolute atomic E-state index is 0.0413. The van der Waals surface area contributed by atoms with Crippen molar-refractivity contribution in [3.8, 4) is 40.1 Å². The molecule has 0 radical (unpaired) electrons. The van der Waals surface area contributed by atoms with Crippen LogP contribution in [0.5, 0.6) is 28.7 Å². The highest BCUT2D eigenvalue weighted by Crippen LogP contribution is 2.35. The summed E-state index contributed by atoms with van der Waals surface area (Å²) in [5.41, 5.74) is 0.278. The van der Waals surface area contributed by atoms with Crippen molar-refractivity contribution in [1.29, 1.82) is 0 Å². The van der Waals surface area contributed by atoms with Crippen LogP contribution in [0, 0.1) is 0 Å². The maximum atomic E-state index is 12.9. The average Bonchev–Trinajstić information content (AvgIpc) is 3.00. The molecule has 3 aromatic carbocycles. The van der Waals surface area contributed by atoms with Crippen LogP contribution in [0.4, 0.5) is 0 Å². The molecule has 0 amide bonds. The summed E-state index contributed by atoms with van der Waals surface area (Å²) in [6.07, 6.45) is -5.48. The van der Waals surface area contributed by atoms with Crippen molar-refractivity contribution in [1.82, 2.24) is 0 Å². The van der Waals surface area contributed by atoms with Gasteiger partial charge >= 0.3 is 5.97 Å². The van der Waals surface area contributed by atoms with Crippen molar-refractivity contribution < 1.29 is 58.8 Å². The van der Waals surface area contributed by atoms with E-state index in [1.807, 2.05) is 0 Å². The molecule has 6 N–H and O–H groups in total. The van der Waals surface area contributed by atoms with Crippen LogP contribution in [0.1, 0.15) is 5.56 Å². The monoisotopic (exact) mass is 608 g/mol. The van der Waals surface area contributed by atoms with E-state index in [9.17, 15) is 40.2 Å². The van der Waals surface area contributed by atoms with Crippen molar-refractivity contribution in [3.05, 3.63) is 82.5 Å². The maximum Gasteiger partial charge on any atom is 0.331 e. The van der Waals surface area contributed by atoms with Crippen LogP contribution >= 0.6 is 0 Å². The summed E-state index contributed by atoms with van der Waals surface area (Å²) < 4.78 is 27.5. The Hall–Kier alpha value is -5.08. The van der Waals surface area contributed by atoms with Crippen molar-refractivity contribution in [3.63, 3.8) is 0 Å². The lowest BCUT2D eigenvalue weighted by Crippen LogP contribution is -2.61. The standard InChI is InChI=1S/C31H28O13/c1-40-23-10-16(5-8-19(23)34)22-13-21(36)27-20(35)11-18(12-24(27)42-22)41-31-29(39)30(28(38)25(14-32)43-31)44-26(37)9-4-15-2-6-17(33)7-3-15/h2-13,25,28-35,38-39H,14H2,1H3. The number of methoxy groups -OCH3 is 1. The molecule has 1 aromatic heterocycles. The molecule has 1 fully saturated rings. The van der Waals surface area contributed by atoms with Gasteiger partial charge in [-0.1, -0.05) is 12.1 Å². The van der Waals surface area contributed by atoms with Gasteiger partial charge in [-0.15, -0.1) is 0 Å². The molecule has 5 unspecified atom stereocenters. The highest BCUT2D eigenvalue weighted by molar-refractivity contribution is 5.87. The number of phenols is 3. The summed E-state index contributed by atoms with van der Waals surface area (Å²) in [5, 5.41) is 61.1. The number of aromatic hydroxyl groups is 3. The molecule has 4 aromatic rings. The van der Waals surface area contributed by atoms with Gasteiger partial charge in [0.1, 0.15) is 46.2 Å². The van der Waals surface area contributed by atoms with Gasteiger partial charge in [0.2, 0.25) is 6.29 Å². The van der Waals surface area contributed by atoms with Gasteiger partial charge in [0.25, 0.3) is 0 Å². The number of fused-ring (bicyclic) bond motifs is 1. The van der Waals surface area contributed by atoms with Gasteiger partial charge in [-0.25, -0.2) is 4.79 Å². The van der Waals surface area contributed by atoms with Gasteiger partial charge in [0, 0.05) is 29.8 Å². The van der Waals surface area contributed by atoms with Gasteiger partial charge in [0.05, 0.1) is 13.7 Å². The van der Waals surface area contributed by atoms with Crippen LogP contribution < -0.4 is 14.9 Å². The fraction of sp³-hybridized carbons (Fsp3) is 0.226. The third-order valence-electron chi connectivity index (χ3n) is 6.88. The van der Waals surface area contributed by atoms with Crippen molar-refractivity contribution in [2.45, 2.75) is 30.7 Å². The van der Waals surface area contributed by atoms with Crippen LogP contribution in [0.2, 0.25) is 0 Å². The second-order valence-corrected chi connectivity index (χ2v) is 9.83. The number of hydrogen-bond acceptors (Lipinski definition) is 13. The number of aliphatic hydroxyl groups excluding tert-OH is 3. The molecule has 0 bridgehead atoms. The number of ether oxygens (including phenoxy) is 4. The molecule has 0 aliphatic carbocycles. The second kappa shape index (κ2) is 12.7. The number of carbonyl (C=O) groups is 1. The summed E-state index contributed by atoms with van der Waals surface area (Å²) in [6, 6.07) is 13.7. The lowest BCUT2D eigenvalue weighted by Gasteiger charge is -2.41. The third-order valence-corrected chi connectivity index (χ3v) is 6.88. The molecule has 230 valence electrons. The van der Waals surface area contributed by atoms with Crippen molar-refractivity contribution in [2.75, 3.05) is 13.7 Å². The summed E-state index contributed by atoms with van der Waals surface area (Å²) >= 11 is 0. The van der Waals surface area contributed by atoms with Crippen LogP contribution in [-0.4, -0.2) is 81.0 Å². The summed E-state index contributed by atoms with van der Waals surface area (Å²) in [6.45, 7) is -0.720. The first kappa shape index (κ1) is 30.4. The third kappa shape index (κ3) is 6.31. The fourth-order valence-corrected chi connectivity index (χ4v) is 4.63. The number of benzene rings is 3. The van der Waals surface area contributed by atoms with E-state index in [4.69, 9.17) is 23.4 Å². The van der Waals surface area contributed by atoms with Gasteiger partial charge in [0.15, 0.2) is 29.1 Å². The molecule has 1 aliphatic rings. The molecule has 44 heavy (non-hydrogen) atoms. The first-order valence-corrected chi connectivity index (χ1v) is 13.2. The Kier molecular flexibility index (Phi) is 8.73. The SMILES string of the molecule is COc1cc(-c2cc(=O)c3c(O)cc(OC4OC(CO)C(O)C(OC(=O)C=Cc5ccc(O)cc5)C4O)cc3o2)ccc1O. The molecule has 0 spiro atoms. The molecule has 2 heterocycles. The van der Waals surface area contributed by atoms with Crippen molar-refractivity contribution in [2.24, 2.45) is 0 Å². The minimum Gasteiger partial charge on any atom is -0.508 e. The predicted octanol–water partition coefficient (Wildman–Crippen LogP) is 2.03. The minimum atomic E-state index is -1.76. The van der Waals surface area contributed by atoms with Crippen LogP contribution in [0.3, 0.4) is 0 Å². The molecule has 5 atom stereocenters. The molecule has 0 saturated carbocycles. The van der Waals surface area contributed by atoms with E-state index in [-0.39, 0.29) is 39.7 Å². The van der Waals surface area contributed by atoms with Crippen LogP contribution in [0.15, 0.2) is 76.0 Å². The molecular weight excluding hydrogens is 580 g/mol. The van der Waals surface area contributed by atoms with E-state index < -0.39 is 54.5 Å². The average molecular weight is 609 g/mol. The van der Waals surface area contributed by atoms with E-state index >= 15 is 0 Å². The Morgan fingerprint density at radius 3 is 2.41 bits per heavy atom. The Morgan fingerprint density at radius 2 is 1.70 bits per heavy atom. The Bertz CT molecular complexity index is 1740. The summed E-state index contributed by atoms with van der Waals surface area (Å²) in [5.74, 6) is -1.42. The molecule has 5 rings (SSSR count). The topological polar surface area (TPSA) is 206 Å². The molecule has 13 nitrogen and oxygen atoms in total. The maximum absolute atomic E-state index is 12.9. The Labute approximate surface area is 249 Å². The number of carbonyl (C=O) groups excluding carboxylic acids is 1. The number of aliphatic hydroxyl groups is 3. The summed E-state index contributed by atoms with van der Waals surface area (Å²) in [4.78, 5) is 25.4. The normalized spacial score (nSPS) is 21.8. The van der Waals surface area contributed by atoms with E-state index in [0.29, 0.717) is 11.1 Å². The van der Waals surface area contributed by atoms with Crippen molar-refractivity contribution >= 4 is 23.0 Å². The molecule has 1 saturated heterocycles. The lowest BCUT2D eigenvalue weighted by molar-refractivity contribution is -0.280. The van der Waals surface area contributed by atoms with E-state index in [1.54, 1.807) is 12.1 Å². The molecular formula is C31H28O13. The van der Waals surface area contributed by atoms with Gasteiger partial charge in [-0.05, 0) is 42.0 Å². The zero-order chi connectivity index (χ0) is 31.5. The van der Waals surface area contributed by atoms with E-state index in [0.717, 1.165) is 18.2 Å². The quantitative estimate of drug-likeness (QED) is 0.125. The van der Waals surface area contributed by atoms with Gasteiger partial charge in [-0.3, -0.25) is 4.79 Å². The predicted molar refractivity (Wildman–Crippen MR) is 153 cm³/mol. The zero-order valence-electron chi connectivity index (χ0n) is 23.1. The number of rotatable bonds is 8. The zero-order valence-corrected chi connectivity index (χ0v) is 23.1. The number of esters is 1. The van der Waals surface area contributed by atoms with Crippen LogP contribution in [-0.2, 0) is 14.3 Å². The van der Waals surface area contributed by atoms with E-state index in [2.05, 4.69) is 0 Å². The largest absolute Gasteiger partial charge is 0.508 e. The summed E-state index contributed by atoms with van der Waals surface area (Å²) in [7, 11) is 1.36. The van der Waals surface area contributed by atoms with Gasteiger partial charge < -0.3 is 54.0 Å². The number of hydrogen-bond donors (Lipinski definition) is 6. The first-order chi connectivity index (χ1) is 21.1. The van der Waals surface area contributed by atoms with Crippen LogP contribution in [0.25, 0.3) is 28.4 Å². The first-order valence-electron chi connectivity index (χ1n) is 13.2. The molecule has 13 heteroatoms. The smallest absolute Gasteiger partial charge is 0.331 e. The molecule has 1 aliphatic heterocycles. The fourth-order valence-electron chi connectivity index (χ4n) is 4.63. The Balaban J connectivity index is 1.40. The second-order valence-electron chi connectivity index (χ2n) is 9.83. The number of phenolic OH excluding ortho intramolecular Hbond substituents is 3.